The van der Waals surface area contributed by atoms with Gasteiger partial charge in [0.15, 0.2) is 5.82 Å². The molecule has 1 aromatic heterocycles. The third kappa shape index (κ3) is 3.75. The Morgan fingerprint density at radius 1 is 1.24 bits per heavy atom. The number of piperidine rings is 1. The Kier molecular flexibility index (Phi) is 5.79. The number of aliphatic hydroxyl groups is 1. The fraction of sp³-hybridized carbons (Fsp3) is 0.444. The second-order valence-corrected chi connectivity index (χ2v) is 7.14. The number of nitrogens with two attached hydrogens (primary N) is 1. The van der Waals surface area contributed by atoms with Gasteiger partial charge in [-0.25, -0.2) is 9.97 Å². The molecule has 1 aliphatic heterocycles. The number of aliphatic hydroxyl groups excluding tert-OH is 1. The number of nitrogens with zero attached hydrogens (tertiary/aromatic N) is 3. The molecule has 0 atom stereocenters. The molecule has 0 bridgehead atoms. The summed E-state index contributed by atoms with van der Waals surface area (Å²) in [6, 6.07) is 5.42. The molecule has 2 aromatic rings. The highest BCUT2D eigenvalue weighted by molar-refractivity contribution is 6.43. The monoisotopic (exact) mass is 380 g/mol. The van der Waals surface area contributed by atoms with Crippen molar-refractivity contribution < 1.29 is 5.11 Å². The van der Waals surface area contributed by atoms with Gasteiger partial charge in [-0.05, 0) is 38.3 Å². The Balaban J connectivity index is 1.98. The highest BCUT2D eigenvalue weighted by Gasteiger charge is 2.23. The Bertz CT molecular complexity index is 761. The van der Waals surface area contributed by atoms with E-state index >= 15 is 0 Å². The van der Waals surface area contributed by atoms with Crippen LogP contribution in [0.5, 0.6) is 0 Å². The fourth-order valence-corrected chi connectivity index (χ4v) is 3.61. The number of aromatic nitrogens is 2. The average Bonchev–Trinajstić information content (AvgIpc) is 2.64. The molecule has 2 heterocycles. The van der Waals surface area contributed by atoms with Crippen molar-refractivity contribution in [3.05, 3.63) is 39.6 Å². The lowest BCUT2D eigenvalue weighted by Gasteiger charge is -2.33. The van der Waals surface area contributed by atoms with Gasteiger partial charge < -0.3 is 15.7 Å². The van der Waals surface area contributed by atoms with E-state index < -0.39 is 0 Å². The maximum Gasteiger partial charge on any atom is 0.153 e. The van der Waals surface area contributed by atoms with Crippen LogP contribution in [0.3, 0.4) is 0 Å². The molecule has 1 aliphatic rings. The summed E-state index contributed by atoms with van der Waals surface area (Å²) in [6.45, 7) is 4.19. The van der Waals surface area contributed by atoms with Crippen LogP contribution in [-0.4, -0.2) is 34.7 Å². The molecule has 5 nitrogen and oxygen atoms in total. The van der Waals surface area contributed by atoms with Crippen LogP contribution in [0.2, 0.25) is 10.0 Å². The summed E-state index contributed by atoms with van der Waals surface area (Å²) in [4.78, 5) is 11.6. The normalized spacial score (nSPS) is 15.6. The van der Waals surface area contributed by atoms with Crippen LogP contribution in [0.1, 0.15) is 24.2 Å². The standard InChI is InChI=1S/C18H22Cl2N4O/c1-11-17(13-3-2-4-14(19)16(13)20)23-15(10-25)18(22-11)24-7-5-12(9-21)6-8-24/h2-4,12,25H,5-10,21H2,1H3. The third-order valence-electron chi connectivity index (χ3n) is 4.73. The Hall–Kier alpha value is -1.40. The van der Waals surface area contributed by atoms with Gasteiger partial charge in [0.25, 0.3) is 0 Å². The van der Waals surface area contributed by atoms with Crippen molar-refractivity contribution in [3.63, 3.8) is 0 Å². The molecule has 0 unspecified atom stereocenters. The van der Waals surface area contributed by atoms with Gasteiger partial charge in [-0.2, -0.15) is 0 Å². The van der Waals surface area contributed by atoms with Crippen LogP contribution >= 0.6 is 23.2 Å². The minimum absolute atomic E-state index is 0.176. The van der Waals surface area contributed by atoms with E-state index in [1.807, 2.05) is 19.1 Å². The highest BCUT2D eigenvalue weighted by Crippen LogP contribution is 2.35. The first-order valence-electron chi connectivity index (χ1n) is 8.43. The van der Waals surface area contributed by atoms with Gasteiger partial charge in [0.05, 0.1) is 28.0 Å². The molecule has 134 valence electrons. The first-order valence-corrected chi connectivity index (χ1v) is 9.18. The molecule has 0 aliphatic carbocycles. The van der Waals surface area contributed by atoms with Crippen LogP contribution in [0.4, 0.5) is 5.82 Å². The van der Waals surface area contributed by atoms with Crippen molar-refractivity contribution in [2.45, 2.75) is 26.4 Å². The van der Waals surface area contributed by atoms with E-state index in [-0.39, 0.29) is 6.61 Å². The molecule has 3 rings (SSSR count). The van der Waals surface area contributed by atoms with Gasteiger partial charge in [0, 0.05) is 18.7 Å². The third-order valence-corrected chi connectivity index (χ3v) is 5.54. The van der Waals surface area contributed by atoms with Crippen molar-refractivity contribution in [2.75, 3.05) is 24.5 Å². The molecule has 0 saturated carbocycles. The molecule has 0 radical (unpaired) electrons. The van der Waals surface area contributed by atoms with E-state index in [2.05, 4.69) is 9.88 Å². The first kappa shape index (κ1) is 18.4. The number of aryl methyl sites for hydroxylation is 1. The molecule has 7 heteroatoms. The fourth-order valence-electron chi connectivity index (χ4n) is 3.22. The summed E-state index contributed by atoms with van der Waals surface area (Å²) in [5.74, 6) is 1.31. The molecule has 25 heavy (non-hydrogen) atoms. The Labute approximate surface area is 157 Å². The van der Waals surface area contributed by atoms with Crippen LogP contribution in [0.25, 0.3) is 11.3 Å². The number of hydrogen-bond donors (Lipinski definition) is 2. The number of benzene rings is 1. The molecule has 1 saturated heterocycles. The summed E-state index contributed by atoms with van der Waals surface area (Å²) in [7, 11) is 0. The van der Waals surface area contributed by atoms with Crippen LogP contribution in [0, 0.1) is 12.8 Å². The van der Waals surface area contributed by atoms with E-state index in [4.69, 9.17) is 33.9 Å². The number of rotatable bonds is 4. The summed E-state index contributed by atoms with van der Waals surface area (Å²) < 4.78 is 0. The summed E-state index contributed by atoms with van der Waals surface area (Å²) in [5, 5.41) is 10.7. The SMILES string of the molecule is Cc1nc(N2CCC(CN)CC2)c(CO)nc1-c1cccc(Cl)c1Cl. The Morgan fingerprint density at radius 3 is 2.60 bits per heavy atom. The zero-order valence-corrected chi connectivity index (χ0v) is 15.7. The predicted molar refractivity (Wildman–Crippen MR) is 102 cm³/mol. The van der Waals surface area contributed by atoms with Gasteiger partial charge in [-0.3, -0.25) is 0 Å². The van der Waals surface area contributed by atoms with Gasteiger partial charge in [0.1, 0.15) is 5.69 Å². The van der Waals surface area contributed by atoms with Crippen molar-refractivity contribution in [2.24, 2.45) is 11.7 Å². The van der Waals surface area contributed by atoms with Crippen molar-refractivity contribution in [1.82, 2.24) is 9.97 Å². The minimum atomic E-state index is -0.176. The molecular formula is C18H22Cl2N4O. The van der Waals surface area contributed by atoms with E-state index in [9.17, 15) is 5.11 Å². The largest absolute Gasteiger partial charge is 0.390 e. The maximum absolute atomic E-state index is 9.83. The van der Waals surface area contributed by atoms with E-state index in [0.29, 0.717) is 27.4 Å². The van der Waals surface area contributed by atoms with Gasteiger partial charge in [-0.1, -0.05) is 35.3 Å². The van der Waals surface area contributed by atoms with Crippen molar-refractivity contribution >= 4 is 29.0 Å². The minimum Gasteiger partial charge on any atom is -0.390 e. The van der Waals surface area contributed by atoms with E-state index in [1.54, 1.807) is 6.07 Å². The number of hydrogen-bond acceptors (Lipinski definition) is 5. The van der Waals surface area contributed by atoms with Gasteiger partial charge >= 0.3 is 0 Å². The average molecular weight is 381 g/mol. The second-order valence-electron chi connectivity index (χ2n) is 6.35. The molecule has 1 aromatic carbocycles. The van der Waals surface area contributed by atoms with Crippen LogP contribution in [0.15, 0.2) is 18.2 Å². The van der Waals surface area contributed by atoms with E-state index in [0.717, 1.165) is 49.6 Å². The lowest BCUT2D eigenvalue weighted by atomic mass is 9.97. The van der Waals surface area contributed by atoms with Gasteiger partial charge in [-0.15, -0.1) is 0 Å². The zero-order chi connectivity index (χ0) is 18.0. The van der Waals surface area contributed by atoms with Gasteiger partial charge in [0.2, 0.25) is 0 Å². The summed E-state index contributed by atoms with van der Waals surface area (Å²) in [5.41, 5.74) is 8.46. The van der Waals surface area contributed by atoms with Crippen molar-refractivity contribution in [3.8, 4) is 11.3 Å². The first-order chi connectivity index (χ1) is 12.0. The topological polar surface area (TPSA) is 75.3 Å². The molecular weight excluding hydrogens is 359 g/mol. The molecule has 0 spiro atoms. The lowest BCUT2D eigenvalue weighted by molar-refractivity contribution is 0.276. The van der Waals surface area contributed by atoms with Crippen LogP contribution < -0.4 is 10.6 Å². The quantitative estimate of drug-likeness (QED) is 0.849. The molecule has 0 amide bonds. The second kappa shape index (κ2) is 7.87. The lowest BCUT2D eigenvalue weighted by Crippen LogP contribution is -2.37. The molecule has 3 N–H and O–H groups in total. The number of anilines is 1. The summed E-state index contributed by atoms with van der Waals surface area (Å²) >= 11 is 12.5. The van der Waals surface area contributed by atoms with Crippen LogP contribution in [-0.2, 0) is 6.61 Å². The molecule has 1 fully saturated rings. The Morgan fingerprint density at radius 2 is 1.96 bits per heavy atom. The predicted octanol–water partition coefficient (Wildman–Crippen LogP) is 3.43. The van der Waals surface area contributed by atoms with E-state index in [1.165, 1.54) is 0 Å². The zero-order valence-electron chi connectivity index (χ0n) is 14.2. The smallest absolute Gasteiger partial charge is 0.153 e. The maximum atomic E-state index is 9.83. The van der Waals surface area contributed by atoms with Crippen molar-refractivity contribution in [1.29, 1.82) is 0 Å². The number of halogens is 2. The highest BCUT2D eigenvalue weighted by atomic mass is 35.5. The summed E-state index contributed by atoms with van der Waals surface area (Å²) in [6.07, 6.45) is 2.06.